The van der Waals surface area contributed by atoms with Gasteiger partial charge in [0.2, 0.25) is 0 Å². The van der Waals surface area contributed by atoms with Gasteiger partial charge in [-0.25, -0.2) is 4.79 Å². The van der Waals surface area contributed by atoms with Crippen molar-refractivity contribution in [2.75, 3.05) is 19.4 Å². The van der Waals surface area contributed by atoms with Crippen LogP contribution in [0.15, 0.2) is 0 Å². The molecule has 0 saturated carbocycles. The molecule has 0 aromatic heterocycles. The topological polar surface area (TPSA) is 50.4 Å². The zero-order chi connectivity index (χ0) is 14.5. The molecule has 0 unspecified atom stereocenters. The Bertz CT molecular complexity index is 302. The van der Waals surface area contributed by atoms with Crippen LogP contribution < -0.4 is 10.6 Å². The van der Waals surface area contributed by atoms with Gasteiger partial charge in [-0.15, -0.1) is 0 Å². The lowest BCUT2D eigenvalue weighted by atomic mass is 10.00. The molecule has 0 radical (unpaired) electrons. The number of carbonyl (C=O) groups excluding carboxylic acids is 1. The van der Waals surface area contributed by atoms with Crippen molar-refractivity contribution in [3.8, 4) is 0 Å². The van der Waals surface area contributed by atoms with E-state index in [-0.39, 0.29) is 22.4 Å². The molecular formula is C14H28N2O2S. The summed E-state index contributed by atoms with van der Waals surface area (Å²) < 4.78 is 5.59. The lowest BCUT2D eigenvalue weighted by Crippen LogP contribution is -2.47. The molecule has 0 aromatic carbocycles. The maximum Gasteiger partial charge on any atom is 0.315 e. The lowest BCUT2D eigenvalue weighted by Gasteiger charge is -2.28. The number of ether oxygens (including phenoxy) is 1. The number of thioether (sulfide) groups is 1. The number of carbonyl (C=O) groups is 1. The van der Waals surface area contributed by atoms with Gasteiger partial charge >= 0.3 is 6.03 Å². The Hall–Kier alpha value is -0.420. The van der Waals surface area contributed by atoms with Crippen molar-refractivity contribution < 1.29 is 9.53 Å². The Balaban J connectivity index is 2.27. The van der Waals surface area contributed by atoms with Crippen molar-refractivity contribution in [1.29, 1.82) is 0 Å². The van der Waals surface area contributed by atoms with E-state index in [1.54, 1.807) is 7.11 Å². The molecule has 19 heavy (non-hydrogen) atoms. The number of methoxy groups -OCH3 is 1. The third kappa shape index (κ3) is 6.04. The number of rotatable bonds is 6. The zero-order valence-electron chi connectivity index (χ0n) is 12.8. The smallest absolute Gasteiger partial charge is 0.315 e. The second kappa shape index (κ2) is 6.84. The molecule has 1 fully saturated rings. The number of amides is 2. The van der Waals surface area contributed by atoms with Crippen LogP contribution in [0, 0.1) is 0 Å². The Labute approximate surface area is 121 Å². The van der Waals surface area contributed by atoms with Gasteiger partial charge in [0.15, 0.2) is 0 Å². The van der Waals surface area contributed by atoms with Crippen molar-refractivity contribution in [1.82, 2.24) is 10.6 Å². The maximum absolute atomic E-state index is 11.9. The molecule has 4 nitrogen and oxygen atoms in total. The monoisotopic (exact) mass is 288 g/mol. The van der Waals surface area contributed by atoms with E-state index in [4.69, 9.17) is 4.74 Å². The van der Waals surface area contributed by atoms with E-state index in [9.17, 15) is 4.79 Å². The van der Waals surface area contributed by atoms with Gasteiger partial charge < -0.3 is 15.4 Å². The van der Waals surface area contributed by atoms with E-state index < -0.39 is 0 Å². The molecule has 1 saturated heterocycles. The largest absolute Gasteiger partial charge is 0.379 e. The van der Waals surface area contributed by atoms with Crippen molar-refractivity contribution >= 4 is 17.8 Å². The molecular weight excluding hydrogens is 260 g/mol. The van der Waals surface area contributed by atoms with Crippen LogP contribution in [0.5, 0.6) is 0 Å². The third-order valence-corrected chi connectivity index (χ3v) is 5.19. The van der Waals surface area contributed by atoms with Gasteiger partial charge in [0.05, 0.1) is 5.60 Å². The third-order valence-electron chi connectivity index (χ3n) is 3.65. The number of hydrogen-bond donors (Lipinski definition) is 2. The van der Waals surface area contributed by atoms with Gasteiger partial charge in [0, 0.05) is 24.4 Å². The van der Waals surface area contributed by atoms with Crippen LogP contribution in [0.2, 0.25) is 0 Å². The molecule has 1 aliphatic rings. The highest BCUT2D eigenvalue weighted by Crippen LogP contribution is 2.36. The summed E-state index contributed by atoms with van der Waals surface area (Å²) in [7, 11) is 1.70. The van der Waals surface area contributed by atoms with Gasteiger partial charge in [-0.2, -0.15) is 11.8 Å². The molecule has 1 rings (SSSR count). The summed E-state index contributed by atoms with van der Waals surface area (Å²) in [5.41, 5.74) is -0.208. The van der Waals surface area contributed by atoms with Crippen LogP contribution in [0.25, 0.3) is 0 Å². The Kier molecular flexibility index (Phi) is 5.99. The predicted molar refractivity (Wildman–Crippen MR) is 81.8 cm³/mol. The van der Waals surface area contributed by atoms with Crippen molar-refractivity contribution in [3.05, 3.63) is 0 Å². The molecule has 112 valence electrons. The molecule has 5 heteroatoms. The highest BCUT2D eigenvalue weighted by molar-refractivity contribution is 8.00. The fourth-order valence-electron chi connectivity index (χ4n) is 2.39. The minimum Gasteiger partial charge on any atom is -0.379 e. The number of hydrogen-bond acceptors (Lipinski definition) is 3. The molecule has 0 aliphatic carbocycles. The van der Waals surface area contributed by atoms with E-state index in [1.165, 1.54) is 18.6 Å². The first-order chi connectivity index (χ1) is 8.76. The summed E-state index contributed by atoms with van der Waals surface area (Å²) in [6.07, 6.45) is 3.23. The Morgan fingerprint density at radius 1 is 1.53 bits per heavy atom. The molecule has 0 spiro atoms. The summed E-state index contributed by atoms with van der Waals surface area (Å²) >= 11 is 1.96. The summed E-state index contributed by atoms with van der Waals surface area (Å²) in [5.74, 6) is 1.21. The van der Waals surface area contributed by atoms with Gasteiger partial charge in [0.25, 0.3) is 0 Å². The van der Waals surface area contributed by atoms with E-state index >= 15 is 0 Å². The maximum atomic E-state index is 11.9. The summed E-state index contributed by atoms with van der Waals surface area (Å²) in [4.78, 5) is 11.9. The average Bonchev–Trinajstić information content (AvgIpc) is 2.73. The summed E-state index contributed by atoms with van der Waals surface area (Å²) in [6, 6.07) is 0.0205. The van der Waals surface area contributed by atoms with Crippen LogP contribution >= 0.6 is 11.8 Å². The second-order valence-electron chi connectivity index (χ2n) is 6.30. The standard InChI is InChI=1S/C14H28N2O2S/c1-11(9-13(2,3)18-5)16-12(17)15-10-14(4)7-6-8-19-14/h11H,6-10H2,1-5H3,(H2,15,16,17)/t11-,14-/m1/s1. The average molecular weight is 288 g/mol. The predicted octanol–water partition coefficient (Wildman–Crippen LogP) is 2.77. The number of urea groups is 1. The van der Waals surface area contributed by atoms with Gasteiger partial charge in [0.1, 0.15) is 0 Å². The fourth-order valence-corrected chi connectivity index (χ4v) is 3.63. The van der Waals surface area contributed by atoms with Gasteiger partial charge in [-0.05, 0) is 52.7 Å². The van der Waals surface area contributed by atoms with Crippen molar-refractivity contribution in [3.63, 3.8) is 0 Å². The summed E-state index contributed by atoms with van der Waals surface area (Å²) in [5, 5.41) is 5.96. The molecule has 0 aromatic rings. The summed E-state index contributed by atoms with van der Waals surface area (Å²) in [6.45, 7) is 9.03. The van der Waals surface area contributed by atoms with Gasteiger partial charge in [-0.3, -0.25) is 0 Å². The molecule has 2 atom stereocenters. The first kappa shape index (κ1) is 16.6. The Morgan fingerprint density at radius 3 is 2.74 bits per heavy atom. The van der Waals surface area contributed by atoms with E-state index in [0.717, 1.165) is 13.0 Å². The molecule has 1 heterocycles. The van der Waals surface area contributed by atoms with Gasteiger partial charge in [-0.1, -0.05) is 0 Å². The van der Waals surface area contributed by atoms with E-state index in [2.05, 4.69) is 17.6 Å². The van der Waals surface area contributed by atoms with Crippen molar-refractivity contribution in [2.24, 2.45) is 0 Å². The van der Waals surface area contributed by atoms with Crippen LogP contribution in [0.1, 0.15) is 47.0 Å². The van der Waals surface area contributed by atoms with Crippen LogP contribution in [-0.2, 0) is 4.74 Å². The lowest BCUT2D eigenvalue weighted by molar-refractivity contribution is 0.00950. The quantitative estimate of drug-likeness (QED) is 0.790. The zero-order valence-corrected chi connectivity index (χ0v) is 13.7. The minimum absolute atomic E-state index is 0.0758. The van der Waals surface area contributed by atoms with E-state index in [0.29, 0.717) is 0 Å². The van der Waals surface area contributed by atoms with Crippen molar-refractivity contribution in [2.45, 2.75) is 63.3 Å². The molecule has 2 amide bonds. The molecule has 1 aliphatic heterocycles. The van der Waals surface area contributed by atoms with E-state index in [1.807, 2.05) is 32.5 Å². The van der Waals surface area contributed by atoms with Crippen LogP contribution in [0.3, 0.4) is 0 Å². The first-order valence-corrected chi connectivity index (χ1v) is 7.98. The normalized spacial score (nSPS) is 25.1. The first-order valence-electron chi connectivity index (χ1n) is 7.00. The Morgan fingerprint density at radius 2 is 2.21 bits per heavy atom. The highest BCUT2D eigenvalue weighted by Gasteiger charge is 2.30. The highest BCUT2D eigenvalue weighted by atomic mass is 32.2. The molecule has 2 N–H and O–H groups in total. The number of nitrogens with one attached hydrogen (secondary N) is 2. The van der Waals surface area contributed by atoms with Crippen LogP contribution in [0.4, 0.5) is 4.79 Å². The van der Waals surface area contributed by atoms with Crippen LogP contribution in [-0.4, -0.2) is 41.8 Å². The molecule has 0 bridgehead atoms. The second-order valence-corrected chi connectivity index (χ2v) is 7.98. The SMILES string of the molecule is COC(C)(C)C[C@@H](C)NC(=O)NC[C@@]1(C)CCCS1. The minimum atomic E-state index is -0.208. The fraction of sp³-hybridized carbons (Fsp3) is 0.929.